The fraction of sp³-hybridized carbons (Fsp3) is 0.389. The molecule has 4 atom stereocenters. The van der Waals surface area contributed by atoms with Gasteiger partial charge in [-0.1, -0.05) is 106 Å². The number of ketones is 1. The third kappa shape index (κ3) is 10.5. The lowest BCUT2D eigenvalue weighted by atomic mass is 9.94. The van der Waals surface area contributed by atoms with Crippen LogP contribution in [-0.4, -0.2) is 60.0 Å². The van der Waals surface area contributed by atoms with Crippen LogP contribution in [-0.2, 0) is 41.6 Å². The minimum absolute atomic E-state index is 0.104. The van der Waals surface area contributed by atoms with E-state index < -0.39 is 60.0 Å². The van der Waals surface area contributed by atoms with Gasteiger partial charge in [0.05, 0.1) is 19.0 Å². The summed E-state index contributed by atoms with van der Waals surface area (Å²) < 4.78 is 0. The molecule has 11 heteroatoms. The number of hydrogen-bond acceptors (Lipinski definition) is 6. The van der Waals surface area contributed by atoms with Crippen LogP contribution >= 0.6 is 0 Å². The number of carbonyl (C=O) groups excluding carboxylic acids is 6. The van der Waals surface area contributed by atoms with E-state index in [1.807, 2.05) is 79.7 Å². The fourth-order valence-corrected chi connectivity index (χ4v) is 5.36. The van der Waals surface area contributed by atoms with Crippen molar-refractivity contribution >= 4 is 46.1 Å². The molecule has 3 aromatic carbocycles. The molecule has 0 spiro atoms. The molecule has 0 heterocycles. The van der Waals surface area contributed by atoms with Crippen molar-refractivity contribution in [3.05, 3.63) is 83.9 Å². The van der Waals surface area contributed by atoms with Gasteiger partial charge in [-0.2, -0.15) is 0 Å². The maximum absolute atomic E-state index is 13.4. The van der Waals surface area contributed by atoms with E-state index in [1.165, 1.54) is 0 Å². The maximum atomic E-state index is 13.4. The molecule has 1 fully saturated rings. The highest BCUT2D eigenvalue weighted by Crippen LogP contribution is 2.33. The lowest BCUT2D eigenvalue weighted by molar-refractivity contribution is -0.142. The van der Waals surface area contributed by atoms with E-state index in [0.29, 0.717) is 18.8 Å². The summed E-state index contributed by atoms with van der Waals surface area (Å²) >= 11 is 0. The Kier molecular flexibility index (Phi) is 12.2. The Labute approximate surface area is 274 Å². The zero-order chi connectivity index (χ0) is 33.9. The minimum atomic E-state index is -1.17. The van der Waals surface area contributed by atoms with Crippen molar-refractivity contribution in [2.75, 3.05) is 6.54 Å². The third-order valence-electron chi connectivity index (χ3n) is 8.48. The molecule has 1 aliphatic carbocycles. The van der Waals surface area contributed by atoms with E-state index in [-0.39, 0.29) is 18.7 Å². The van der Waals surface area contributed by atoms with Crippen LogP contribution in [0.2, 0.25) is 0 Å². The lowest BCUT2D eigenvalue weighted by Crippen LogP contribution is -2.56. The number of nitrogens with two attached hydrogens (primary N) is 1. The number of carbonyl (C=O) groups is 6. The number of fused-ring (bicyclic) bond motifs is 1. The van der Waals surface area contributed by atoms with Gasteiger partial charge >= 0.3 is 0 Å². The highest BCUT2D eigenvalue weighted by molar-refractivity contribution is 6.38. The molecule has 0 radical (unpaired) electrons. The molecule has 1 saturated carbocycles. The smallest absolute Gasteiger partial charge is 0.290 e. The molecule has 0 bridgehead atoms. The summed E-state index contributed by atoms with van der Waals surface area (Å²) in [5, 5.41) is 12.3. The largest absolute Gasteiger partial charge is 0.368 e. The molecule has 248 valence electrons. The number of rotatable bonds is 17. The highest BCUT2D eigenvalue weighted by atomic mass is 16.2. The SMILES string of the molecule is CC[C@H](C)C(NC(=O)[C@H](CC1CC1)NC(=O)Cc1ccccc1)C(=O)C(=O)NCC(=O)N[C@@H](Cc1ccc2ccccc2c1)C(N)=O. The molecule has 1 aliphatic rings. The van der Waals surface area contributed by atoms with Crippen LogP contribution in [0.4, 0.5) is 0 Å². The summed E-state index contributed by atoms with van der Waals surface area (Å²) in [5.74, 6) is -4.38. The molecule has 6 N–H and O–H groups in total. The molecule has 0 saturated heterocycles. The highest BCUT2D eigenvalue weighted by Gasteiger charge is 2.36. The number of amides is 5. The number of benzene rings is 3. The van der Waals surface area contributed by atoms with Gasteiger partial charge in [-0.05, 0) is 40.2 Å². The van der Waals surface area contributed by atoms with E-state index in [9.17, 15) is 28.8 Å². The first-order valence-corrected chi connectivity index (χ1v) is 16.1. The normalized spacial score (nSPS) is 15.0. The van der Waals surface area contributed by atoms with E-state index in [0.717, 1.165) is 34.7 Å². The third-order valence-corrected chi connectivity index (χ3v) is 8.48. The summed E-state index contributed by atoms with van der Waals surface area (Å²) in [6, 6.07) is 19.5. The number of primary amides is 1. The summed E-state index contributed by atoms with van der Waals surface area (Å²) in [4.78, 5) is 77.2. The average Bonchev–Trinajstić information content (AvgIpc) is 3.89. The van der Waals surface area contributed by atoms with Crippen LogP contribution in [0.15, 0.2) is 72.8 Å². The summed E-state index contributed by atoms with van der Waals surface area (Å²) in [6.45, 7) is 2.98. The molecule has 47 heavy (non-hydrogen) atoms. The van der Waals surface area contributed by atoms with Gasteiger partial charge in [-0.3, -0.25) is 28.8 Å². The monoisotopic (exact) mass is 641 g/mol. The summed E-state index contributed by atoms with van der Waals surface area (Å²) in [6.07, 6.45) is 3.06. The van der Waals surface area contributed by atoms with Gasteiger partial charge < -0.3 is 27.0 Å². The quantitative estimate of drug-likeness (QED) is 0.141. The molecule has 0 aromatic heterocycles. The molecule has 5 amide bonds. The molecule has 3 aromatic rings. The summed E-state index contributed by atoms with van der Waals surface area (Å²) in [7, 11) is 0. The van der Waals surface area contributed by atoms with E-state index in [2.05, 4.69) is 21.3 Å². The van der Waals surface area contributed by atoms with Gasteiger partial charge in [0.2, 0.25) is 29.4 Å². The van der Waals surface area contributed by atoms with E-state index in [1.54, 1.807) is 6.92 Å². The van der Waals surface area contributed by atoms with Gasteiger partial charge in [0, 0.05) is 6.42 Å². The van der Waals surface area contributed by atoms with E-state index in [4.69, 9.17) is 5.73 Å². The predicted molar refractivity (Wildman–Crippen MR) is 178 cm³/mol. The second-order valence-corrected chi connectivity index (χ2v) is 12.3. The van der Waals surface area contributed by atoms with Crippen molar-refractivity contribution in [2.45, 2.75) is 70.5 Å². The Hall–Kier alpha value is -5.06. The zero-order valence-corrected chi connectivity index (χ0v) is 26.8. The van der Waals surface area contributed by atoms with Crippen molar-refractivity contribution < 1.29 is 28.8 Å². The first-order valence-electron chi connectivity index (χ1n) is 16.1. The van der Waals surface area contributed by atoms with Gasteiger partial charge in [0.15, 0.2) is 0 Å². The molecular formula is C36H43N5O6. The Balaban J connectivity index is 1.33. The fourth-order valence-electron chi connectivity index (χ4n) is 5.36. The van der Waals surface area contributed by atoms with Crippen LogP contribution < -0.4 is 27.0 Å². The number of nitrogens with one attached hydrogen (secondary N) is 4. The van der Waals surface area contributed by atoms with E-state index >= 15 is 0 Å². The van der Waals surface area contributed by atoms with Crippen LogP contribution in [0.1, 0.15) is 50.7 Å². The maximum Gasteiger partial charge on any atom is 0.290 e. The standard InChI is InChI=1S/C36H43N5O6/c1-3-22(2)32(41-35(46)29(18-24-13-14-24)40-30(42)20-23-9-5-4-6-10-23)33(44)36(47)38-21-31(43)39-28(34(37)45)19-25-15-16-26-11-7-8-12-27(26)17-25/h4-12,15-17,22,24,28-29,32H,3,13-14,18-21H2,1-2H3,(H2,37,45)(H,38,47)(H,39,43)(H,40,42)(H,41,46)/t22-,28-,29-,32?/m0/s1. The van der Waals surface area contributed by atoms with Crippen LogP contribution in [0.3, 0.4) is 0 Å². The molecule has 0 aliphatic heterocycles. The van der Waals surface area contributed by atoms with Crippen LogP contribution in [0.25, 0.3) is 10.8 Å². The van der Waals surface area contributed by atoms with Crippen molar-refractivity contribution in [2.24, 2.45) is 17.6 Å². The number of Topliss-reactive ketones (excluding diaryl/α,β-unsaturated/α-hetero) is 1. The topological polar surface area (TPSA) is 177 Å². The van der Waals surface area contributed by atoms with Crippen molar-refractivity contribution in [3.8, 4) is 0 Å². The first-order chi connectivity index (χ1) is 22.5. The zero-order valence-electron chi connectivity index (χ0n) is 26.8. The van der Waals surface area contributed by atoms with Crippen LogP contribution in [0.5, 0.6) is 0 Å². The Morgan fingerprint density at radius 1 is 0.787 bits per heavy atom. The Morgan fingerprint density at radius 2 is 1.45 bits per heavy atom. The van der Waals surface area contributed by atoms with Crippen molar-refractivity contribution in [1.29, 1.82) is 0 Å². The summed E-state index contributed by atoms with van der Waals surface area (Å²) in [5.41, 5.74) is 7.14. The van der Waals surface area contributed by atoms with Gasteiger partial charge in [0.1, 0.15) is 12.1 Å². The lowest BCUT2D eigenvalue weighted by Gasteiger charge is -2.26. The first kappa shape index (κ1) is 34.8. The molecule has 1 unspecified atom stereocenters. The predicted octanol–water partition coefficient (Wildman–Crippen LogP) is 2.10. The Morgan fingerprint density at radius 3 is 2.11 bits per heavy atom. The van der Waals surface area contributed by atoms with Gasteiger partial charge in [0.25, 0.3) is 5.91 Å². The minimum Gasteiger partial charge on any atom is -0.368 e. The Bertz CT molecular complexity index is 1610. The van der Waals surface area contributed by atoms with Crippen LogP contribution in [0, 0.1) is 11.8 Å². The van der Waals surface area contributed by atoms with Gasteiger partial charge in [-0.15, -0.1) is 0 Å². The number of hydrogen-bond donors (Lipinski definition) is 5. The molecule has 4 rings (SSSR count). The molecular weight excluding hydrogens is 598 g/mol. The second-order valence-electron chi connectivity index (χ2n) is 12.3. The van der Waals surface area contributed by atoms with Gasteiger partial charge in [-0.25, -0.2) is 0 Å². The average molecular weight is 642 g/mol. The van der Waals surface area contributed by atoms with Crippen molar-refractivity contribution in [3.63, 3.8) is 0 Å². The molecule has 11 nitrogen and oxygen atoms in total. The van der Waals surface area contributed by atoms with Crippen molar-refractivity contribution in [1.82, 2.24) is 21.3 Å². The second kappa shape index (κ2) is 16.5.